The number of benzene rings is 1. The summed E-state index contributed by atoms with van der Waals surface area (Å²) in [5.41, 5.74) is 7.56. The van der Waals surface area contributed by atoms with E-state index in [1.807, 2.05) is 6.07 Å². The van der Waals surface area contributed by atoms with Crippen LogP contribution in [0.25, 0.3) is 0 Å². The number of halogens is 1. The minimum atomic E-state index is -3.60. The summed E-state index contributed by atoms with van der Waals surface area (Å²) in [4.78, 5) is 13.7. The van der Waals surface area contributed by atoms with Gasteiger partial charge in [-0.3, -0.25) is 4.79 Å². The van der Waals surface area contributed by atoms with E-state index in [1.54, 1.807) is 21.3 Å². The molecule has 2 aliphatic rings. The first-order valence-corrected chi connectivity index (χ1v) is 9.91. The predicted octanol–water partition coefficient (Wildman–Crippen LogP) is 1.77. The third kappa shape index (κ3) is 3.69. The van der Waals surface area contributed by atoms with Gasteiger partial charge in [-0.15, -0.1) is 12.4 Å². The first-order chi connectivity index (χ1) is 11.3. The minimum absolute atomic E-state index is 0. The lowest BCUT2D eigenvalue weighted by molar-refractivity contribution is -0.116. The van der Waals surface area contributed by atoms with Gasteiger partial charge in [0.25, 0.3) is 0 Å². The van der Waals surface area contributed by atoms with Crippen molar-refractivity contribution >= 4 is 34.0 Å². The summed E-state index contributed by atoms with van der Waals surface area (Å²) in [6.45, 7) is 5.08. The number of nitrogens with two attached hydrogens (primary N) is 1. The molecule has 0 aromatic heterocycles. The van der Waals surface area contributed by atoms with Crippen molar-refractivity contribution in [2.75, 3.05) is 24.5 Å². The SMILES string of the molecule is CC(=O)N1CCc2ccc(S(=O)(=O)N3CCC(C)CC3CN)cc21.Cl. The van der Waals surface area contributed by atoms with Gasteiger partial charge in [-0.05, 0) is 42.9 Å². The summed E-state index contributed by atoms with van der Waals surface area (Å²) in [6.07, 6.45) is 2.41. The van der Waals surface area contributed by atoms with Gasteiger partial charge in [0, 0.05) is 38.3 Å². The van der Waals surface area contributed by atoms with Crippen LogP contribution in [0.15, 0.2) is 23.1 Å². The van der Waals surface area contributed by atoms with Gasteiger partial charge in [0.15, 0.2) is 0 Å². The smallest absolute Gasteiger partial charge is 0.243 e. The molecule has 2 N–H and O–H groups in total. The molecule has 2 aliphatic heterocycles. The van der Waals surface area contributed by atoms with Crippen LogP contribution < -0.4 is 10.6 Å². The fraction of sp³-hybridized carbons (Fsp3) is 0.588. The van der Waals surface area contributed by atoms with Gasteiger partial charge in [-0.2, -0.15) is 4.31 Å². The van der Waals surface area contributed by atoms with Crippen LogP contribution in [-0.4, -0.2) is 44.3 Å². The lowest BCUT2D eigenvalue weighted by Gasteiger charge is -2.37. The molecule has 0 aliphatic carbocycles. The Hall–Kier alpha value is -1.15. The van der Waals surface area contributed by atoms with E-state index in [-0.39, 0.29) is 29.3 Å². The first kappa shape index (κ1) is 20.2. The van der Waals surface area contributed by atoms with Crippen LogP contribution in [0.5, 0.6) is 0 Å². The molecule has 140 valence electrons. The summed E-state index contributed by atoms with van der Waals surface area (Å²) in [6, 6.07) is 4.97. The molecule has 2 atom stereocenters. The van der Waals surface area contributed by atoms with Crippen LogP contribution in [-0.2, 0) is 21.2 Å². The highest BCUT2D eigenvalue weighted by atomic mass is 35.5. The molecule has 1 aromatic rings. The zero-order valence-electron chi connectivity index (χ0n) is 14.6. The van der Waals surface area contributed by atoms with Crippen LogP contribution in [0.2, 0.25) is 0 Å². The van der Waals surface area contributed by atoms with Crippen molar-refractivity contribution in [3.63, 3.8) is 0 Å². The van der Waals surface area contributed by atoms with Crippen LogP contribution >= 0.6 is 12.4 Å². The molecular weight excluding hydrogens is 362 g/mol. The number of rotatable bonds is 3. The first-order valence-electron chi connectivity index (χ1n) is 8.47. The quantitative estimate of drug-likeness (QED) is 0.856. The van der Waals surface area contributed by atoms with E-state index in [0.717, 1.165) is 30.5 Å². The van der Waals surface area contributed by atoms with Crippen LogP contribution in [0, 0.1) is 5.92 Å². The molecule has 2 unspecified atom stereocenters. The van der Waals surface area contributed by atoms with Crippen LogP contribution in [0.3, 0.4) is 0 Å². The Bertz CT molecular complexity index is 754. The number of anilines is 1. The Morgan fingerprint density at radius 1 is 1.32 bits per heavy atom. The molecule has 1 aromatic carbocycles. The van der Waals surface area contributed by atoms with Crippen molar-refractivity contribution in [3.05, 3.63) is 23.8 Å². The molecule has 8 heteroatoms. The van der Waals surface area contributed by atoms with Gasteiger partial charge < -0.3 is 10.6 Å². The molecule has 1 amide bonds. The van der Waals surface area contributed by atoms with Crippen molar-refractivity contribution < 1.29 is 13.2 Å². The van der Waals surface area contributed by atoms with E-state index >= 15 is 0 Å². The third-order valence-corrected chi connectivity index (χ3v) is 7.08. The van der Waals surface area contributed by atoms with E-state index in [9.17, 15) is 13.2 Å². The second-order valence-corrected chi connectivity index (χ2v) is 8.74. The maximum Gasteiger partial charge on any atom is 0.243 e. The highest BCUT2D eigenvalue weighted by Crippen LogP contribution is 2.33. The zero-order chi connectivity index (χ0) is 17.5. The molecule has 3 rings (SSSR count). The van der Waals surface area contributed by atoms with Crippen LogP contribution in [0.4, 0.5) is 5.69 Å². The standard InChI is InChI=1S/C17H25N3O3S.ClH/c1-12-5-8-20(15(9-12)11-18)24(22,23)16-4-3-14-6-7-19(13(2)21)17(14)10-16;/h3-4,10,12,15H,5-9,11,18H2,1-2H3;1H. The monoisotopic (exact) mass is 387 g/mol. The number of amides is 1. The number of nitrogens with zero attached hydrogens (tertiary/aromatic N) is 2. The molecule has 0 radical (unpaired) electrons. The van der Waals surface area contributed by atoms with Crippen LogP contribution in [0.1, 0.15) is 32.3 Å². The number of hydrogen-bond donors (Lipinski definition) is 1. The van der Waals surface area contributed by atoms with Gasteiger partial charge in [-0.1, -0.05) is 13.0 Å². The Labute approximate surface area is 155 Å². The Kier molecular flexibility index (Phi) is 6.14. The maximum atomic E-state index is 13.1. The topological polar surface area (TPSA) is 83.7 Å². The zero-order valence-corrected chi connectivity index (χ0v) is 16.3. The number of piperidine rings is 1. The van der Waals surface area contributed by atoms with Crippen molar-refractivity contribution in [1.29, 1.82) is 0 Å². The molecule has 1 saturated heterocycles. The summed E-state index contributed by atoms with van der Waals surface area (Å²) < 4.78 is 27.8. The largest absolute Gasteiger partial charge is 0.329 e. The van der Waals surface area contributed by atoms with Gasteiger partial charge in [-0.25, -0.2) is 8.42 Å². The van der Waals surface area contributed by atoms with Crippen molar-refractivity contribution in [3.8, 4) is 0 Å². The maximum absolute atomic E-state index is 13.1. The number of fused-ring (bicyclic) bond motifs is 1. The number of sulfonamides is 1. The lowest BCUT2D eigenvalue weighted by atomic mass is 9.94. The Balaban J connectivity index is 0.00000225. The van der Waals surface area contributed by atoms with Gasteiger partial charge in [0.2, 0.25) is 15.9 Å². The molecule has 25 heavy (non-hydrogen) atoms. The van der Waals surface area contributed by atoms with E-state index in [2.05, 4.69) is 6.92 Å². The van der Waals surface area contributed by atoms with E-state index in [1.165, 1.54) is 6.92 Å². The molecular formula is C17H26ClN3O3S. The second-order valence-electron chi connectivity index (χ2n) is 6.85. The summed E-state index contributed by atoms with van der Waals surface area (Å²) >= 11 is 0. The molecule has 0 saturated carbocycles. The van der Waals surface area contributed by atoms with Gasteiger partial charge >= 0.3 is 0 Å². The molecule has 1 fully saturated rings. The molecule has 2 heterocycles. The number of carbonyl (C=O) groups is 1. The fourth-order valence-corrected chi connectivity index (χ4v) is 5.42. The minimum Gasteiger partial charge on any atom is -0.329 e. The number of hydrogen-bond acceptors (Lipinski definition) is 4. The lowest BCUT2D eigenvalue weighted by Crippen LogP contribution is -2.49. The Morgan fingerprint density at radius 2 is 2.04 bits per heavy atom. The summed E-state index contributed by atoms with van der Waals surface area (Å²) in [7, 11) is -3.60. The van der Waals surface area contributed by atoms with Crippen molar-refractivity contribution in [2.24, 2.45) is 11.7 Å². The van der Waals surface area contributed by atoms with Gasteiger partial charge in [0.05, 0.1) is 4.90 Å². The molecule has 0 bridgehead atoms. The van der Waals surface area contributed by atoms with E-state index < -0.39 is 10.0 Å². The molecule has 0 spiro atoms. The highest BCUT2D eigenvalue weighted by molar-refractivity contribution is 7.89. The summed E-state index contributed by atoms with van der Waals surface area (Å²) in [5, 5.41) is 0. The third-order valence-electron chi connectivity index (χ3n) is 5.14. The Morgan fingerprint density at radius 3 is 2.68 bits per heavy atom. The van der Waals surface area contributed by atoms with E-state index in [4.69, 9.17) is 5.73 Å². The van der Waals surface area contributed by atoms with Crippen molar-refractivity contribution in [1.82, 2.24) is 4.31 Å². The normalized spacial score (nSPS) is 23.9. The predicted molar refractivity (Wildman–Crippen MR) is 101 cm³/mol. The average Bonchev–Trinajstić information content (AvgIpc) is 2.97. The van der Waals surface area contributed by atoms with Gasteiger partial charge in [0.1, 0.15) is 0 Å². The van der Waals surface area contributed by atoms with Crippen molar-refractivity contribution in [2.45, 2.75) is 44.0 Å². The van der Waals surface area contributed by atoms with E-state index in [0.29, 0.717) is 25.6 Å². The highest BCUT2D eigenvalue weighted by Gasteiger charge is 2.36. The summed E-state index contributed by atoms with van der Waals surface area (Å²) in [5.74, 6) is 0.424. The second kappa shape index (κ2) is 7.61. The average molecular weight is 388 g/mol. The number of carbonyl (C=O) groups excluding carboxylic acids is 1. The fourth-order valence-electron chi connectivity index (χ4n) is 3.74. The molecule has 6 nitrogen and oxygen atoms in total.